The smallest absolute Gasteiger partial charge is 0.275 e. The quantitative estimate of drug-likeness (QED) is 0.831. The Bertz CT molecular complexity index is 483. The predicted molar refractivity (Wildman–Crippen MR) is 61.9 cm³/mol. The van der Waals surface area contributed by atoms with E-state index in [1.807, 2.05) is 30.3 Å². The third-order valence-electron chi connectivity index (χ3n) is 2.02. The van der Waals surface area contributed by atoms with Crippen LogP contribution in [0.5, 0.6) is 0 Å². The standard InChI is InChI=1S/C10H10N4OS/c11-9-8(13-14-16-9)10(15)12-6-7-4-2-1-3-5-7/h1-5H,6,11H2,(H,12,15). The molecule has 0 atom stereocenters. The highest BCUT2D eigenvalue weighted by Gasteiger charge is 2.13. The van der Waals surface area contributed by atoms with Crippen LogP contribution in [0.3, 0.4) is 0 Å². The molecule has 82 valence electrons. The van der Waals surface area contributed by atoms with Crippen molar-refractivity contribution >= 4 is 22.4 Å². The molecule has 1 aromatic carbocycles. The lowest BCUT2D eigenvalue weighted by molar-refractivity contribution is 0.0947. The van der Waals surface area contributed by atoms with E-state index in [2.05, 4.69) is 14.9 Å². The molecule has 0 spiro atoms. The summed E-state index contributed by atoms with van der Waals surface area (Å²) in [6.07, 6.45) is 0. The van der Waals surface area contributed by atoms with Gasteiger partial charge in [0.2, 0.25) is 0 Å². The Balaban J connectivity index is 1.97. The van der Waals surface area contributed by atoms with Crippen LogP contribution in [0, 0.1) is 0 Å². The maximum Gasteiger partial charge on any atom is 0.275 e. The molecule has 6 heteroatoms. The Kier molecular flexibility index (Phi) is 3.11. The minimum Gasteiger partial charge on any atom is -0.387 e. The second kappa shape index (κ2) is 4.71. The zero-order valence-electron chi connectivity index (χ0n) is 8.38. The van der Waals surface area contributed by atoms with Crippen molar-refractivity contribution in [1.29, 1.82) is 0 Å². The van der Waals surface area contributed by atoms with E-state index in [0.29, 0.717) is 11.5 Å². The fourth-order valence-electron chi connectivity index (χ4n) is 1.22. The molecule has 0 radical (unpaired) electrons. The number of benzene rings is 1. The molecule has 2 rings (SSSR count). The van der Waals surface area contributed by atoms with Crippen LogP contribution in [0.2, 0.25) is 0 Å². The van der Waals surface area contributed by atoms with E-state index in [-0.39, 0.29) is 11.6 Å². The van der Waals surface area contributed by atoms with Crippen LogP contribution in [-0.4, -0.2) is 15.5 Å². The molecule has 0 fully saturated rings. The van der Waals surface area contributed by atoms with Gasteiger partial charge < -0.3 is 11.1 Å². The van der Waals surface area contributed by atoms with Crippen molar-refractivity contribution in [2.24, 2.45) is 0 Å². The monoisotopic (exact) mass is 234 g/mol. The van der Waals surface area contributed by atoms with E-state index in [9.17, 15) is 4.79 Å². The molecule has 3 N–H and O–H groups in total. The molecule has 2 aromatic rings. The number of nitrogens with zero attached hydrogens (tertiary/aromatic N) is 2. The lowest BCUT2D eigenvalue weighted by Gasteiger charge is -2.02. The first-order valence-electron chi connectivity index (χ1n) is 4.67. The van der Waals surface area contributed by atoms with E-state index in [1.165, 1.54) is 0 Å². The van der Waals surface area contributed by atoms with Gasteiger partial charge in [0, 0.05) is 18.1 Å². The maximum atomic E-state index is 11.6. The lowest BCUT2D eigenvalue weighted by atomic mass is 10.2. The molecule has 0 aliphatic rings. The van der Waals surface area contributed by atoms with Gasteiger partial charge in [-0.1, -0.05) is 34.8 Å². The van der Waals surface area contributed by atoms with Crippen LogP contribution in [0.4, 0.5) is 5.00 Å². The van der Waals surface area contributed by atoms with Gasteiger partial charge in [-0.3, -0.25) is 4.79 Å². The van der Waals surface area contributed by atoms with Crippen molar-refractivity contribution in [1.82, 2.24) is 14.9 Å². The summed E-state index contributed by atoms with van der Waals surface area (Å²) >= 11 is 1.01. The number of carbonyl (C=O) groups excluding carboxylic acids is 1. The number of nitrogens with two attached hydrogens (primary N) is 1. The summed E-state index contributed by atoms with van der Waals surface area (Å²) in [6.45, 7) is 0.455. The average Bonchev–Trinajstić information content (AvgIpc) is 2.74. The summed E-state index contributed by atoms with van der Waals surface area (Å²) in [4.78, 5) is 11.6. The number of rotatable bonds is 3. The highest BCUT2D eigenvalue weighted by molar-refractivity contribution is 7.10. The van der Waals surface area contributed by atoms with Crippen LogP contribution >= 0.6 is 11.5 Å². The van der Waals surface area contributed by atoms with Crippen molar-refractivity contribution in [3.8, 4) is 0 Å². The Labute approximate surface area is 96.5 Å². The van der Waals surface area contributed by atoms with Gasteiger partial charge in [0.05, 0.1) is 0 Å². The van der Waals surface area contributed by atoms with E-state index < -0.39 is 0 Å². The third kappa shape index (κ3) is 2.34. The van der Waals surface area contributed by atoms with Gasteiger partial charge in [-0.15, -0.1) is 5.10 Å². The summed E-state index contributed by atoms with van der Waals surface area (Å²) in [7, 11) is 0. The van der Waals surface area contributed by atoms with Gasteiger partial charge in [-0.2, -0.15) is 0 Å². The van der Waals surface area contributed by atoms with Crippen LogP contribution in [0.15, 0.2) is 30.3 Å². The van der Waals surface area contributed by atoms with Gasteiger partial charge in [0.1, 0.15) is 5.00 Å². The molecule has 0 saturated carbocycles. The normalized spacial score (nSPS) is 10.0. The number of hydrogen-bond acceptors (Lipinski definition) is 5. The summed E-state index contributed by atoms with van der Waals surface area (Å²) in [5.41, 5.74) is 6.76. The molecule has 5 nitrogen and oxygen atoms in total. The molecule has 0 unspecified atom stereocenters. The van der Waals surface area contributed by atoms with Crippen LogP contribution in [-0.2, 0) is 6.54 Å². The van der Waals surface area contributed by atoms with Gasteiger partial charge in [0.15, 0.2) is 5.69 Å². The molecule has 1 amide bonds. The Hall–Kier alpha value is -1.95. The summed E-state index contributed by atoms with van der Waals surface area (Å²) in [5.74, 6) is -0.296. The van der Waals surface area contributed by atoms with Gasteiger partial charge in [0.25, 0.3) is 5.91 Å². The van der Waals surface area contributed by atoms with Gasteiger partial charge in [-0.05, 0) is 5.56 Å². The van der Waals surface area contributed by atoms with E-state index in [1.54, 1.807) is 0 Å². The predicted octanol–water partition coefficient (Wildman–Crippen LogP) is 1.05. The van der Waals surface area contributed by atoms with Crippen LogP contribution in [0.1, 0.15) is 16.1 Å². The van der Waals surface area contributed by atoms with Crippen LogP contribution < -0.4 is 11.1 Å². The minimum atomic E-state index is -0.296. The number of aromatic nitrogens is 2. The number of carbonyl (C=O) groups is 1. The zero-order chi connectivity index (χ0) is 11.4. The van der Waals surface area contributed by atoms with E-state index in [4.69, 9.17) is 5.73 Å². The summed E-state index contributed by atoms with van der Waals surface area (Å²) in [6, 6.07) is 9.63. The molecule has 0 saturated heterocycles. The topological polar surface area (TPSA) is 80.9 Å². The highest BCUT2D eigenvalue weighted by atomic mass is 32.1. The van der Waals surface area contributed by atoms with Gasteiger partial charge >= 0.3 is 0 Å². The minimum absolute atomic E-state index is 0.195. The first kappa shape index (κ1) is 10.6. The number of amides is 1. The number of nitrogens with one attached hydrogen (secondary N) is 1. The number of anilines is 1. The van der Waals surface area contributed by atoms with E-state index >= 15 is 0 Å². The molecule has 0 aliphatic carbocycles. The second-order valence-electron chi connectivity index (χ2n) is 3.15. The van der Waals surface area contributed by atoms with Crippen molar-refractivity contribution in [3.63, 3.8) is 0 Å². The first-order valence-corrected chi connectivity index (χ1v) is 5.44. The van der Waals surface area contributed by atoms with Crippen molar-refractivity contribution in [2.45, 2.75) is 6.54 Å². The Morgan fingerprint density at radius 2 is 2.12 bits per heavy atom. The molecule has 0 aliphatic heterocycles. The number of nitrogen functional groups attached to an aromatic ring is 1. The zero-order valence-corrected chi connectivity index (χ0v) is 9.20. The van der Waals surface area contributed by atoms with Crippen molar-refractivity contribution in [2.75, 3.05) is 5.73 Å². The SMILES string of the molecule is Nc1snnc1C(=O)NCc1ccccc1. The molecule has 1 heterocycles. The van der Waals surface area contributed by atoms with E-state index in [0.717, 1.165) is 17.1 Å². The second-order valence-corrected chi connectivity index (χ2v) is 3.94. The molecule has 0 bridgehead atoms. The first-order chi connectivity index (χ1) is 7.77. The highest BCUT2D eigenvalue weighted by Crippen LogP contribution is 2.11. The van der Waals surface area contributed by atoms with Gasteiger partial charge in [-0.25, -0.2) is 0 Å². The van der Waals surface area contributed by atoms with Crippen molar-refractivity contribution < 1.29 is 4.79 Å². The summed E-state index contributed by atoms with van der Waals surface area (Å²) in [5, 5.41) is 6.73. The fourth-order valence-corrected chi connectivity index (χ4v) is 1.65. The third-order valence-corrected chi connectivity index (χ3v) is 2.58. The molecule has 1 aromatic heterocycles. The largest absolute Gasteiger partial charge is 0.387 e. The number of hydrogen-bond donors (Lipinski definition) is 2. The fraction of sp³-hybridized carbons (Fsp3) is 0.100. The molecular formula is C10H10N4OS. The Morgan fingerprint density at radius 3 is 2.75 bits per heavy atom. The average molecular weight is 234 g/mol. The van der Waals surface area contributed by atoms with Crippen molar-refractivity contribution in [3.05, 3.63) is 41.6 Å². The molecular weight excluding hydrogens is 224 g/mol. The Morgan fingerprint density at radius 1 is 1.38 bits per heavy atom. The molecule has 16 heavy (non-hydrogen) atoms. The lowest BCUT2D eigenvalue weighted by Crippen LogP contribution is -2.23. The maximum absolute atomic E-state index is 11.6. The summed E-state index contributed by atoms with van der Waals surface area (Å²) < 4.78 is 3.60. The van der Waals surface area contributed by atoms with Crippen LogP contribution in [0.25, 0.3) is 0 Å².